The molecule has 6 nitrogen and oxygen atoms in total. The van der Waals surface area contributed by atoms with Gasteiger partial charge in [-0.25, -0.2) is 0 Å². The molecule has 338 valence electrons. The molecular formula is C51H99NO5. The quantitative estimate of drug-likeness (QED) is 0.0323. The van der Waals surface area contributed by atoms with Crippen LogP contribution >= 0.6 is 0 Å². The largest absolute Gasteiger partial charge is 0.466 e. The van der Waals surface area contributed by atoms with Crippen molar-refractivity contribution in [3.63, 3.8) is 0 Å². The van der Waals surface area contributed by atoms with E-state index in [0.29, 0.717) is 25.9 Å². The smallest absolute Gasteiger partial charge is 0.305 e. The molecule has 0 aromatic heterocycles. The van der Waals surface area contributed by atoms with Gasteiger partial charge >= 0.3 is 5.97 Å². The van der Waals surface area contributed by atoms with E-state index in [1.165, 1.54) is 173 Å². The number of carbonyl (C=O) groups is 2. The van der Waals surface area contributed by atoms with E-state index >= 15 is 0 Å². The van der Waals surface area contributed by atoms with Crippen LogP contribution in [0, 0.1) is 0 Å². The van der Waals surface area contributed by atoms with Crippen molar-refractivity contribution in [1.29, 1.82) is 0 Å². The lowest BCUT2D eigenvalue weighted by molar-refractivity contribution is -0.143. The van der Waals surface area contributed by atoms with E-state index in [1.807, 2.05) is 0 Å². The Balaban J connectivity index is 3.48. The SMILES string of the molecule is CCCCCCCCCCCCCCCCC(O)C(CO)NC(=O)CCCCCCCCC/C=C\CCCCCCOC(=O)CCCCCCCCCCCCC. The molecule has 2 atom stereocenters. The molecule has 3 N–H and O–H groups in total. The Kier molecular flexibility index (Phi) is 46.1. The zero-order valence-electron chi connectivity index (χ0n) is 38.3. The Hall–Kier alpha value is -1.40. The molecule has 0 aliphatic heterocycles. The molecule has 0 aromatic carbocycles. The van der Waals surface area contributed by atoms with Crippen LogP contribution in [0.25, 0.3) is 0 Å². The number of hydrogen-bond acceptors (Lipinski definition) is 5. The van der Waals surface area contributed by atoms with Crippen molar-refractivity contribution in [2.24, 2.45) is 0 Å². The van der Waals surface area contributed by atoms with Gasteiger partial charge in [-0.3, -0.25) is 9.59 Å². The highest BCUT2D eigenvalue weighted by Crippen LogP contribution is 2.16. The summed E-state index contributed by atoms with van der Waals surface area (Å²) in [7, 11) is 0. The number of aliphatic hydroxyl groups is 2. The fourth-order valence-corrected chi connectivity index (χ4v) is 7.87. The van der Waals surface area contributed by atoms with Crippen LogP contribution in [0.3, 0.4) is 0 Å². The number of amides is 1. The Morgan fingerprint density at radius 2 is 0.825 bits per heavy atom. The van der Waals surface area contributed by atoms with E-state index in [0.717, 1.165) is 70.6 Å². The summed E-state index contributed by atoms with van der Waals surface area (Å²) in [6.45, 7) is 4.91. The number of carbonyl (C=O) groups excluding carboxylic acids is 2. The van der Waals surface area contributed by atoms with Crippen LogP contribution in [0.2, 0.25) is 0 Å². The minimum Gasteiger partial charge on any atom is -0.466 e. The van der Waals surface area contributed by atoms with Gasteiger partial charge in [0.25, 0.3) is 0 Å². The normalized spacial score (nSPS) is 12.7. The number of unbranched alkanes of at least 4 members (excludes halogenated alkanes) is 34. The summed E-state index contributed by atoms with van der Waals surface area (Å²) in [5, 5.41) is 23.2. The fraction of sp³-hybridized carbons (Fsp3) is 0.922. The van der Waals surface area contributed by atoms with Gasteiger partial charge in [0.05, 0.1) is 25.4 Å². The lowest BCUT2D eigenvalue weighted by Crippen LogP contribution is -2.45. The summed E-state index contributed by atoms with van der Waals surface area (Å²) < 4.78 is 5.44. The molecule has 1 amide bonds. The van der Waals surface area contributed by atoms with Crippen molar-refractivity contribution in [2.45, 2.75) is 289 Å². The first-order valence-corrected chi connectivity index (χ1v) is 25.4. The van der Waals surface area contributed by atoms with Gasteiger partial charge in [-0.1, -0.05) is 225 Å². The maximum absolute atomic E-state index is 12.4. The predicted octanol–water partition coefficient (Wildman–Crippen LogP) is 15.0. The number of allylic oxidation sites excluding steroid dienone is 2. The summed E-state index contributed by atoms with van der Waals surface area (Å²) in [6, 6.07) is -0.551. The molecule has 0 heterocycles. The van der Waals surface area contributed by atoms with E-state index in [2.05, 4.69) is 31.3 Å². The second-order valence-electron chi connectivity index (χ2n) is 17.5. The lowest BCUT2D eigenvalue weighted by Gasteiger charge is -2.22. The molecule has 0 aliphatic rings. The second kappa shape index (κ2) is 47.3. The van der Waals surface area contributed by atoms with Crippen molar-refractivity contribution < 1.29 is 24.5 Å². The van der Waals surface area contributed by atoms with E-state index in [-0.39, 0.29) is 18.5 Å². The molecule has 0 aliphatic carbocycles. The van der Waals surface area contributed by atoms with Crippen LogP contribution < -0.4 is 5.32 Å². The third-order valence-electron chi connectivity index (χ3n) is 11.8. The summed E-state index contributed by atoms with van der Waals surface area (Å²) in [4.78, 5) is 24.4. The predicted molar refractivity (Wildman–Crippen MR) is 246 cm³/mol. The zero-order valence-corrected chi connectivity index (χ0v) is 38.3. The molecule has 2 unspecified atom stereocenters. The Morgan fingerprint density at radius 1 is 0.474 bits per heavy atom. The monoisotopic (exact) mass is 806 g/mol. The molecule has 57 heavy (non-hydrogen) atoms. The molecule has 0 spiro atoms. The molecule has 0 saturated heterocycles. The van der Waals surface area contributed by atoms with E-state index in [4.69, 9.17) is 4.74 Å². The Bertz CT molecular complexity index is 847. The molecule has 0 rings (SSSR count). The van der Waals surface area contributed by atoms with Gasteiger partial charge < -0.3 is 20.3 Å². The highest BCUT2D eigenvalue weighted by Gasteiger charge is 2.20. The van der Waals surface area contributed by atoms with Gasteiger partial charge in [0, 0.05) is 12.8 Å². The van der Waals surface area contributed by atoms with Crippen molar-refractivity contribution in [3.05, 3.63) is 12.2 Å². The van der Waals surface area contributed by atoms with Crippen LogP contribution in [0.4, 0.5) is 0 Å². The third-order valence-corrected chi connectivity index (χ3v) is 11.8. The molecule has 0 bridgehead atoms. The molecule has 0 radical (unpaired) electrons. The van der Waals surface area contributed by atoms with E-state index < -0.39 is 12.1 Å². The first-order valence-electron chi connectivity index (χ1n) is 25.4. The van der Waals surface area contributed by atoms with Gasteiger partial charge in [-0.15, -0.1) is 0 Å². The van der Waals surface area contributed by atoms with Crippen LogP contribution in [0.15, 0.2) is 12.2 Å². The number of esters is 1. The molecule has 0 fully saturated rings. The number of rotatable bonds is 47. The number of nitrogens with one attached hydrogen (secondary N) is 1. The highest BCUT2D eigenvalue weighted by atomic mass is 16.5. The number of aliphatic hydroxyl groups excluding tert-OH is 2. The van der Waals surface area contributed by atoms with Crippen molar-refractivity contribution in [3.8, 4) is 0 Å². The fourth-order valence-electron chi connectivity index (χ4n) is 7.87. The van der Waals surface area contributed by atoms with Gasteiger partial charge in [0.2, 0.25) is 5.91 Å². The molecule has 6 heteroatoms. The van der Waals surface area contributed by atoms with Crippen LogP contribution in [-0.4, -0.2) is 47.4 Å². The third kappa shape index (κ3) is 44.0. The summed E-state index contributed by atoms with van der Waals surface area (Å²) in [5.74, 6) is -0.0598. The van der Waals surface area contributed by atoms with Crippen molar-refractivity contribution in [2.75, 3.05) is 13.2 Å². The Morgan fingerprint density at radius 3 is 1.25 bits per heavy atom. The van der Waals surface area contributed by atoms with Gasteiger partial charge in [-0.05, 0) is 51.4 Å². The van der Waals surface area contributed by atoms with E-state index in [9.17, 15) is 19.8 Å². The zero-order chi connectivity index (χ0) is 41.5. The molecule has 0 saturated carbocycles. The van der Waals surface area contributed by atoms with Crippen LogP contribution in [0.1, 0.15) is 277 Å². The maximum atomic E-state index is 12.4. The first kappa shape index (κ1) is 55.6. The maximum Gasteiger partial charge on any atom is 0.305 e. The Labute approximate surface area is 355 Å². The average Bonchev–Trinajstić information content (AvgIpc) is 3.21. The van der Waals surface area contributed by atoms with Crippen LogP contribution in [0.5, 0.6) is 0 Å². The number of ether oxygens (including phenoxy) is 1. The first-order chi connectivity index (χ1) is 28.0. The van der Waals surface area contributed by atoms with Crippen LogP contribution in [-0.2, 0) is 14.3 Å². The minimum atomic E-state index is -0.672. The van der Waals surface area contributed by atoms with Crippen molar-refractivity contribution in [1.82, 2.24) is 5.32 Å². The van der Waals surface area contributed by atoms with E-state index in [1.54, 1.807) is 0 Å². The number of hydrogen-bond donors (Lipinski definition) is 3. The summed E-state index contributed by atoms with van der Waals surface area (Å²) in [5.41, 5.74) is 0. The highest BCUT2D eigenvalue weighted by molar-refractivity contribution is 5.76. The van der Waals surface area contributed by atoms with Gasteiger partial charge in [0.1, 0.15) is 0 Å². The van der Waals surface area contributed by atoms with Gasteiger partial charge in [0.15, 0.2) is 0 Å². The van der Waals surface area contributed by atoms with Crippen molar-refractivity contribution >= 4 is 11.9 Å². The second-order valence-corrected chi connectivity index (χ2v) is 17.5. The average molecular weight is 806 g/mol. The molecule has 0 aromatic rings. The summed E-state index contributed by atoms with van der Waals surface area (Å²) in [6.07, 6.45) is 53.2. The minimum absolute atomic E-state index is 0.0103. The summed E-state index contributed by atoms with van der Waals surface area (Å²) >= 11 is 0. The van der Waals surface area contributed by atoms with Gasteiger partial charge in [-0.2, -0.15) is 0 Å². The molecular weight excluding hydrogens is 707 g/mol. The topological polar surface area (TPSA) is 95.9 Å². The lowest BCUT2D eigenvalue weighted by atomic mass is 10.0. The standard InChI is InChI=1S/C51H99NO5/c1-3-5-7-9-11-13-15-16-20-24-27-31-35-39-43-49(54)48(47-53)52-50(55)44-40-36-32-28-25-21-18-17-19-22-26-30-34-38-42-46-57-51(56)45-41-37-33-29-23-14-12-10-8-6-4-2/h19,22,48-49,53-54H,3-18,20-21,23-47H2,1-2H3,(H,52,55)/b22-19-.